The maximum absolute atomic E-state index is 12.8. The van der Waals surface area contributed by atoms with Gasteiger partial charge in [-0.05, 0) is 44.7 Å². The zero-order valence-corrected chi connectivity index (χ0v) is 15.8. The van der Waals surface area contributed by atoms with Gasteiger partial charge in [-0.3, -0.25) is 4.79 Å². The minimum atomic E-state index is -0.833. The van der Waals surface area contributed by atoms with E-state index in [1.807, 2.05) is 17.0 Å². The van der Waals surface area contributed by atoms with E-state index in [1.54, 1.807) is 19.1 Å². The fourth-order valence-electron chi connectivity index (χ4n) is 3.54. The summed E-state index contributed by atoms with van der Waals surface area (Å²) in [7, 11) is 0. The number of carbonyl (C=O) groups excluding carboxylic acids is 2. The van der Waals surface area contributed by atoms with Crippen molar-refractivity contribution in [3.05, 3.63) is 41.0 Å². The summed E-state index contributed by atoms with van der Waals surface area (Å²) in [5.74, 6) is -0.689. The molecule has 3 rings (SSSR count). The molecule has 2 atom stereocenters. The van der Waals surface area contributed by atoms with Crippen molar-refractivity contribution in [3.63, 3.8) is 0 Å². The van der Waals surface area contributed by atoms with Crippen LogP contribution in [-0.4, -0.2) is 40.5 Å². The summed E-state index contributed by atoms with van der Waals surface area (Å²) in [6.07, 6.45) is 3.22. The van der Waals surface area contributed by atoms with Gasteiger partial charge in [-0.1, -0.05) is 36.7 Å². The highest BCUT2D eigenvalue weighted by molar-refractivity contribution is 6.30. The summed E-state index contributed by atoms with van der Waals surface area (Å²) >= 11 is 6.03. The maximum Gasteiger partial charge on any atom is 0.339 e. The zero-order valence-electron chi connectivity index (χ0n) is 15.1. The molecule has 0 N–H and O–H groups in total. The van der Waals surface area contributed by atoms with Gasteiger partial charge in [-0.25, -0.2) is 9.78 Å². The van der Waals surface area contributed by atoms with Crippen LogP contribution < -0.4 is 0 Å². The van der Waals surface area contributed by atoms with Crippen LogP contribution in [0.4, 0.5) is 0 Å². The molecule has 2 aromatic rings. The van der Waals surface area contributed by atoms with Gasteiger partial charge < -0.3 is 9.64 Å². The lowest BCUT2D eigenvalue weighted by Crippen LogP contribution is -2.48. The molecule has 1 aromatic heterocycles. The Labute approximate surface area is 158 Å². The predicted octanol–water partition coefficient (Wildman–Crippen LogP) is 4.22. The van der Waals surface area contributed by atoms with Crippen LogP contribution in [0.1, 0.15) is 49.9 Å². The number of ether oxygens (including phenoxy) is 1. The lowest BCUT2D eigenvalue weighted by atomic mass is 9.99. The average molecular weight is 375 g/mol. The van der Waals surface area contributed by atoms with E-state index in [4.69, 9.17) is 16.3 Å². The Hall–Kier alpha value is -2.14. The number of hydrogen-bond acceptors (Lipinski definition) is 4. The molecule has 1 aliphatic rings. The van der Waals surface area contributed by atoms with E-state index < -0.39 is 12.1 Å². The molecule has 2 heterocycles. The number of likely N-dealkylation sites (tertiary alicyclic amines) is 1. The SMILES string of the molecule is CCC1CCCCN1C(=O)C(C)OC(=O)c1cc(Cl)nc2ccccc12. The second-order valence-corrected chi connectivity index (χ2v) is 7.03. The molecule has 0 bridgehead atoms. The first-order chi connectivity index (χ1) is 12.5. The van der Waals surface area contributed by atoms with Crippen molar-refractivity contribution in [2.75, 3.05) is 6.54 Å². The second kappa shape index (κ2) is 8.04. The van der Waals surface area contributed by atoms with Gasteiger partial charge in [0, 0.05) is 18.0 Å². The van der Waals surface area contributed by atoms with Crippen molar-refractivity contribution in [1.82, 2.24) is 9.88 Å². The molecule has 0 spiro atoms. The minimum absolute atomic E-state index is 0.130. The number of pyridine rings is 1. The number of halogens is 1. The Bertz CT molecular complexity index is 824. The number of benzene rings is 1. The summed E-state index contributed by atoms with van der Waals surface area (Å²) in [5.41, 5.74) is 0.943. The first-order valence-corrected chi connectivity index (χ1v) is 9.45. The summed E-state index contributed by atoms with van der Waals surface area (Å²) in [5, 5.41) is 0.877. The molecular weight excluding hydrogens is 352 g/mol. The largest absolute Gasteiger partial charge is 0.449 e. The van der Waals surface area contributed by atoms with Crippen molar-refractivity contribution in [1.29, 1.82) is 0 Å². The third kappa shape index (κ3) is 3.83. The van der Waals surface area contributed by atoms with Gasteiger partial charge in [-0.2, -0.15) is 0 Å². The van der Waals surface area contributed by atoms with Crippen molar-refractivity contribution >= 4 is 34.4 Å². The minimum Gasteiger partial charge on any atom is -0.449 e. The number of hydrogen-bond donors (Lipinski definition) is 0. The van der Waals surface area contributed by atoms with E-state index in [9.17, 15) is 9.59 Å². The fraction of sp³-hybridized carbons (Fsp3) is 0.450. The number of para-hydroxylation sites is 1. The number of nitrogens with zero attached hydrogens (tertiary/aromatic N) is 2. The zero-order chi connectivity index (χ0) is 18.7. The predicted molar refractivity (Wildman–Crippen MR) is 101 cm³/mol. The first kappa shape index (κ1) is 18.6. The number of fused-ring (bicyclic) bond motifs is 1. The molecule has 6 heteroatoms. The highest BCUT2D eigenvalue weighted by Crippen LogP contribution is 2.24. The monoisotopic (exact) mass is 374 g/mol. The van der Waals surface area contributed by atoms with E-state index in [0.29, 0.717) is 16.5 Å². The molecule has 138 valence electrons. The molecule has 1 saturated heterocycles. The van der Waals surface area contributed by atoms with E-state index in [1.165, 1.54) is 6.07 Å². The normalized spacial score (nSPS) is 18.6. The van der Waals surface area contributed by atoms with Gasteiger partial charge in [0.25, 0.3) is 5.91 Å². The summed E-state index contributed by atoms with van der Waals surface area (Å²) in [4.78, 5) is 31.5. The van der Waals surface area contributed by atoms with E-state index in [-0.39, 0.29) is 17.1 Å². The van der Waals surface area contributed by atoms with Crippen molar-refractivity contribution in [3.8, 4) is 0 Å². The summed E-state index contributed by atoms with van der Waals surface area (Å²) in [6.45, 7) is 4.44. The van der Waals surface area contributed by atoms with Crippen LogP contribution >= 0.6 is 11.6 Å². The van der Waals surface area contributed by atoms with Crippen LogP contribution in [0.3, 0.4) is 0 Å². The van der Waals surface area contributed by atoms with Gasteiger partial charge >= 0.3 is 5.97 Å². The van der Waals surface area contributed by atoms with Crippen molar-refractivity contribution in [2.24, 2.45) is 0 Å². The molecule has 0 radical (unpaired) electrons. The maximum atomic E-state index is 12.8. The molecule has 1 aliphatic heterocycles. The standard InChI is InChI=1S/C20H23ClN2O3/c1-3-14-8-6-7-11-23(14)19(24)13(2)26-20(25)16-12-18(21)22-17-10-5-4-9-15(16)17/h4-5,9-10,12-14H,3,6-8,11H2,1-2H3. The highest BCUT2D eigenvalue weighted by atomic mass is 35.5. The van der Waals surface area contributed by atoms with Crippen LogP contribution in [0.5, 0.6) is 0 Å². The summed E-state index contributed by atoms with van der Waals surface area (Å²) in [6, 6.07) is 8.94. The Morgan fingerprint density at radius 2 is 2.12 bits per heavy atom. The molecular formula is C20H23ClN2O3. The van der Waals surface area contributed by atoms with Gasteiger partial charge in [0.15, 0.2) is 6.10 Å². The van der Waals surface area contributed by atoms with E-state index >= 15 is 0 Å². The fourth-order valence-corrected chi connectivity index (χ4v) is 3.74. The summed E-state index contributed by atoms with van der Waals surface area (Å²) < 4.78 is 5.49. The Kier molecular flexibility index (Phi) is 5.77. The lowest BCUT2D eigenvalue weighted by Gasteiger charge is -2.36. The molecule has 0 saturated carbocycles. The topological polar surface area (TPSA) is 59.5 Å². The van der Waals surface area contributed by atoms with Crippen LogP contribution in [0.25, 0.3) is 10.9 Å². The number of piperidine rings is 1. The Morgan fingerprint density at radius 3 is 2.88 bits per heavy atom. The quantitative estimate of drug-likeness (QED) is 0.593. The molecule has 5 nitrogen and oxygen atoms in total. The van der Waals surface area contributed by atoms with Crippen LogP contribution in [-0.2, 0) is 9.53 Å². The number of amides is 1. The van der Waals surface area contributed by atoms with Crippen LogP contribution in [0.15, 0.2) is 30.3 Å². The number of esters is 1. The van der Waals surface area contributed by atoms with Gasteiger partial charge in [-0.15, -0.1) is 0 Å². The molecule has 1 amide bonds. The number of rotatable bonds is 4. The molecule has 0 aliphatic carbocycles. The third-order valence-electron chi connectivity index (χ3n) is 4.92. The number of carbonyl (C=O) groups is 2. The van der Waals surface area contributed by atoms with E-state index in [0.717, 1.165) is 32.2 Å². The van der Waals surface area contributed by atoms with Crippen LogP contribution in [0.2, 0.25) is 5.15 Å². The van der Waals surface area contributed by atoms with Crippen molar-refractivity contribution < 1.29 is 14.3 Å². The van der Waals surface area contributed by atoms with Crippen LogP contribution in [0, 0.1) is 0 Å². The Morgan fingerprint density at radius 1 is 1.35 bits per heavy atom. The Balaban J connectivity index is 1.78. The lowest BCUT2D eigenvalue weighted by molar-refractivity contribution is -0.143. The number of aromatic nitrogens is 1. The van der Waals surface area contributed by atoms with Crippen molar-refractivity contribution in [2.45, 2.75) is 51.7 Å². The second-order valence-electron chi connectivity index (χ2n) is 6.65. The van der Waals surface area contributed by atoms with Gasteiger partial charge in [0.1, 0.15) is 5.15 Å². The van der Waals surface area contributed by atoms with E-state index in [2.05, 4.69) is 11.9 Å². The average Bonchev–Trinajstić information content (AvgIpc) is 2.66. The van der Waals surface area contributed by atoms with Gasteiger partial charge in [0.05, 0.1) is 11.1 Å². The first-order valence-electron chi connectivity index (χ1n) is 9.08. The highest BCUT2D eigenvalue weighted by Gasteiger charge is 2.31. The molecule has 2 unspecified atom stereocenters. The molecule has 1 fully saturated rings. The molecule has 26 heavy (non-hydrogen) atoms. The van der Waals surface area contributed by atoms with Gasteiger partial charge in [0.2, 0.25) is 0 Å². The third-order valence-corrected chi connectivity index (χ3v) is 5.11. The smallest absolute Gasteiger partial charge is 0.339 e. The molecule has 1 aromatic carbocycles.